The molecule has 6 nitrogen and oxygen atoms in total. The number of amides is 1. The second kappa shape index (κ2) is 3.62. The standard InChI is InChI=1S/C10H12N2O4/c1-6(7-2-5-16-12-7)11-8(13)10(3-4-10)9(14)15/h2,5-6H,3-4H2,1H3,(H,11,13)(H,14,15). The van der Waals surface area contributed by atoms with Crippen LogP contribution in [0.1, 0.15) is 31.5 Å². The molecule has 1 aromatic rings. The Balaban J connectivity index is 2.01. The summed E-state index contributed by atoms with van der Waals surface area (Å²) in [6.45, 7) is 1.73. The van der Waals surface area contributed by atoms with E-state index in [4.69, 9.17) is 5.11 Å². The molecule has 6 heteroatoms. The highest BCUT2D eigenvalue weighted by atomic mass is 16.5. The third kappa shape index (κ3) is 1.66. The van der Waals surface area contributed by atoms with Crippen molar-refractivity contribution in [2.75, 3.05) is 0 Å². The van der Waals surface area contributed by atoms with E-state index in [0.717, 1.165) is 0 Å². The number of carboxylic acids is 1. The molecular weight excluding hydrogens is 212 g/mol. The van der Waals surface area contributed by atoms with Gasteiger partial charge in [-0.05, 0) is 19.8 Å². The second-order valence-electron chi connectivity index (χ2n) is 4.01. The summed E-state index contributed by atoms with van der Waals surface area (Å²) in [4.78, 5) is 22.6. The summed E-state index contributed by atoms with van der Waals surface area (Å²) in [5.74, 6) is -1.51. The number of carbonyl (C=O) groups excluding carboxylic acids is 1. The molecule has 0 bridgehead atoms. The fourth-order valence-electron chi connectivity index (χ4n) is 1.52. The Labute approximate surface area is 91.6 Å². The molecule has 1 amide bonds. The molecule has 86 valence electrons. The molecule has 1 aliphatic carbocycles. The molecule has 1 saturated carbocycles. The van der Waals surface area contributed by atoms with Crippen LogP contribution in [0.15, 0.2) is 16.9 Å². The van der Waals surface area contributed by atoms with E-state index < -0.39 is 17.3 Å². The molecule has 1 unspecified atom stereocenters. The van der Waals surface area contributed by atoms with Gasteiger partial charge < -0.3 is 14.9 Å². The Morgan fingerprint density at radius 1 is 1.62 bits per heavy atom. The summed E-state index contributed by atoms with van der Waals surface area (Å²) in [5.41, 5.74) is -0.632. The molecule has 1 heterocycles. The Morgan fingerprint density at radius 2 is 2.31 bits per heavy atom. The van der Waals surface area contributed by atoms with E-state index in [9.17, 15) is 9.59 Å². The lowest BCUT2D eigenvalue weighted by atomic mass is 10.1. The first kappa shape index (κ1) is 10.7. The van der Waals surface area contributed by atoms with Gasteiger partial charge in [0.15, 0.2) is 0 Å². The monoisotopic (exact) mass is 224 g/mol. The normalized spacial score (nSPS) is 18.8. The molecule has 1 aliphatic rings. The maximum absolute atomic E-state index is 11.7. The van der Waals surface area contributed by atoms with Crippen molar-refractivity contribution >= 4 is 11.9 Å². The smallest absolute Gasteiger partial charge is 0.319 e. The number of nitrogens with one attached hydrogen (secondary N) is 1. The van der Waals surface area contributed by atoms with Crippen LogP contribution >= 0.6 is 0 Å². The average molecular weight is 224 g/mol. The fourth-order valence-corrected chi connectivity index (χ4v) is 1.52. The van der Waals surface area contributed by atoms with Crippen LogP contribution in [0, 0.1) is 5.41 Å². The SMILES string of the molecule is CC(NC(=O)C1(C(=O)O)CC1)c1ccon1. The number of aliphatic carboxylic acids is 1. The fraction of sp³-hybridized carbons (Fsp3) is 0.500. The van der Waals surface area contributed by atoms with Gasteiger partial charge in [-0.3, -0.25) is 9.59 Å². The van der Waals surface area contributed by atoms with Gasteiger partial charge in [0.05, 0.1) is 6.04 Å². The van der Waals surface area contributed by atoms with Gasteiger partial charge in [0, 0.05) is 6.07 Å². The molecule has 0 aliphatic heterocycles. The minimum absolute atomic E-state index is 0.344. The third-order valence-corrected chi connectivity index (χ3v) is 2.84. The van der Waals surface area contributed by atoms with Crippen LogP contribution < -0.4 is 5.32 Å². The maximum atomic E-state index is 11.7. The van der Waals surface area contributed by atoms with Crippen molar-refractivity contribution in [1.82, 2.24) is 10.5 Å². The van der Waals surface area contributed by atoms with Crippen molar-refractivity contribution in [2.24, 2.45) is 5.41 Å². The van der Waals surface area contributed by atoms with Crippen molar-refractivity contribution in [1.29, 1.82) is 0 Å². The van der Waals surface area contributed by atoms with Gasteiger partial charge in [0.2, 0.25) is 5.91 Å². The highest BCUT2D eigenvalue weighted by molar-refractivity contribution is 6.04. The van der Waals surface area contributed by atoms with Crippen LogP contribution in [0.3, 0.4) is 0 Å². The lowest BCUT2D eigenvalue weighted by Crippen LogP contribution is -2.38. The van der Waals surface area contributed by atoms with E-state index in [1.54, 1.807) is 13.0 Å². The zero-order valence-electron chi connectivity index (χ0n) is 8.77. The van der Waals surface area contributed by atoms with Gasteiger partial charge in [-0.15, -0.1) is 0 Å². The molecule has 2 N–H and O–H groups in total. The largest absolute Gasteiger partial charge is 0.480 e. The Morgan fingerprint density at radius 3 is 2.75 bits per heavy atom. The highest BCUT2D eigenvalue weighted by Gasteiger charge is 2.57. The minimum atomic E-state index is -1.21. The van der Waals surface area contributed by atoms with E-state index in [2.05, 4.69) is 15.0 Å². The van der Waals surface area contributed by atoms with E-state index in [1.165, 1.54) is 6.26 Å². The van der Waals surface area contributed by atoms with Gasteiger partial charge in [-0.1, -0.05) is 5.16 Å². The lowest BCUT2D eigenvalue weighted by molar-refractivity contribution is -0.149. The molecular formula is C10H12N2O4. The topological polar surface area (TPSA) is 92.4 Å². The van der Waals surface area contributed by atoms with E-state index in [1.807, 2.05) is 0 Å². The molecule has 0 spiro atoms. The molecule has 2 rings (SSSR count). The van der Waals surface area contributed by atoms with Crippen molar-refractivity contribution in [3.63, 3.8) is 0 Å². The first-order valence-corrected chi connectivity index (χ1v) is 5.01. The summed E-state index contributed by atoms with van der Waals surface area (Å²) >= 11 is 0. The predicted molar refractivity (Wildman–Crippen MR) is 52.4 cm³/mol. The van der Waals surface area contributed by atoms with Crippen molar-refractivity contribution in [3.05, 3.63) is 18.0 Å². The molecule has 16 heavy (non-hydrogen) atoms. The van der Waals surface area contributed by atoms with Gasteiger partial charge >= 0.3 is 5.97 Å². The number of nitrogens with zero attached hydrogens (tertiary/aromatic N) is 1. The quantitative estimate of drug-likeness (QED) is 0.735. The first-order valence-electron chi connectivity index (χ1n) is 5.01. The summed E-state index contributed by atoms with van der Waals surface area (Å²) in [6.07, 6.45) is 2.21. The van der Waals surface area contributed by atoms with Crippen LogP contribution in [-0.2, 0) is 9.59 Å². The van der Waals surface area contributed by atoms with E-state index in [0.29, 0.717) is 18.5 Å². The summed E-state index contributed by atoms with van der Waals surface area (Å²) in [6, 6.07) is 1.29. The van der Waals surface area contributed by atoms with Gasteiger partial charge in [0.1, 0.15) is 17.4 Å². The van der Waals surface area contributed by atoms with Crippen molar-refractivity contribution < 1.29 is 19.2 Å². The molecule has 1 atom stereocenters. The molecule has 1 aromatic heterocycles. The van der Waals surface area contributed by atoms with E-state index in [-0.39, 0.29) is 6.04 Å². The minimum Gasteiger partial charge on any atom is -0.480 e. The third-order valence-electron chi connectivity index (χ3n) is 2.84. The van der Waals surface area contributed by atoms with Gasteiger partial charge in [0.25, 0.3) is 0 Å². The highest BCUT2D eigenvalue weighted by Crippen LogP contribution is 2.46. The zero-order valence-corrected chi connectivity index (χ0v) is 8.77. The summed E-state index contributed by atoms with van der Waals surface area (Å²) in [5, 5.41) is 15.2. The van der Waals surface area contributed by atoms with Crippen molar-refractivity contribution in [2.45, 2.75) is 25.8 Å². The van der Waals surface area contributed by atoms with Gasteiger partial charge in [-0.2, -0.15) is 0 Å². The molecule has 0 radical (unpaired) electrons. The molecule has 0 saturated heterocycles. The lowest BCUT2D eigenvalue weighted by Gasteiger charge is -2.14. The molecule has 0 aromatic carbocycles. The van der Waals surface area contributed by atoms with Crippen LogP contribution in [0.4, 0.5) is 0 Å². The van der Waals surface area contributed by atoms with E-state index >= 15 is 0 Å². The number of carboxylic acid groups (broad SMARTS) is 1. The summed E-state index contributed by atoms with van der Waals surface area (Å²) in [7, 11) is 0. The maximum Gasteiger partial charge on any atom is 0.319 e. The number of hydrogen-bond donors (Lipinski definition) is 2. The van der Waals surface area contributed by atoms with Crippen LogP contribution in [0.25, 0.3) is 0 Å². The molecule has 1 fully saturated rings. The van der Waals surface area contributed by atoms with Crippen LogP contribution in [0.2, 0.25) is 0 Å². The Hall–Kier alpha value is -1.85. The number of carbonyl (C=O) groups is 2. The number of hydrogen-bond acceptors (Lipinski definition) is 4. The number of aromatic nitrogens is 1. The average Bonchev–Trinajstić information content (AvgIpc) is 2.87. The Bertz CT molecular complexity index is 408. The van der Waals surface area contributed by atoms with Gasteiger partial charge in [-0.25, -0.2) is 0 Å². The van der Waals surface area contributed by atoms with Crippen LogP contribution in [0.5, 0.6) is 0 Å². The second-order valence-corrected chi connectivity index (χ2v) is 4.01. The van der Waals surface area contributed by atoms with Crippen molar-refractivity contribution in [3.8, 4) is 0 Å². The Kier molecular flexibility index (Phi) is 2.41. The van der Waals surface area contributed by atoms with Crippen LogP contribution in [-0.4, -0.2) is 22.1 Å². The first-order chi connectivity index (χ1) is 7.56. The number of rotatable bonds is 4. The summed E-state index contributed by atoms with van der Waals surface area (Å²) < 4.78 is 4.65. The zero-order chi connectivity index (χ0) is 11.8. The predicted octanol–water partition coefficient (Wildman–Crippen LogP) is 0.717.